The molecule has 1 aromatic rings. The van der Waals surface area contributed by atoms with Crippen molar-refractivity contribution in [1.29, 1.82) is 0 Å². The van der Waals surface area contributed by atoms with E-state index in [4.69, 9.17) is 0 Å². The van der Waals surface area contributed by atoms with Gasteiger partial charge in [-0.2, -0.15) is 0 Å². The Morgan fingerprint density at radius 1 is 1.50 bits per heavy atom. The lowest BCUT2D eigenvalue weighted by Gasteiger charge is -2.10. The molecule has 1 aromatic heterocycles. The van der Waals surface area contributed by atoms with Crippen LogP contribution < -0.4 is 0 Å². The lowest BCUT2D eigenvalue weighted by Crippen LogP contribution is -1.96. The molecule has 1 rings (SSSR count). The van der Waals surface area contributed by atoms with E-state index in [0.29, 0.717) is 5.92 Å². The van der Waals surface area contributed by atoms with Crippen LogP contribution >= 0.6 is 0 Å². The van der Waals surface area contributed by atoms with E-state index in [1.165, 1.54) is 11.1 Å². The van der Waals surface area contributed by atoms with Gasteiger partial charge in [0, 0.05) is 6.20 Å². The molecule has 0 radical (unpaired) electrons. The second-order valence-electron chi connectivity index (χ2n) is 3.27. The number of hydrogen-bond acceptors (Lipinski definition) is 1. The Bertz CT molecular complexity index is 287. The highest BCUT2D eigenvalue weighted by atomic mass is 14.7. The molecular weight excluding hydrogens is 146 g/mol. The van der Waals surface area contributed by atoms with E-state index >= 15 is 0 Å². The predicted octanol–water partition coefficient (Wildman–Crippen LogP) is 3.16. The number of rotatable bonds is 2. The number of pyridine rings is 1. The van der Waals surface area contributed by atoms with Gasteiger partial charge in [-0.15, -0.1) is 0 Å². The van der Waals surface area contributed by atoms with Crippen molar-refractivity contribution in [3.8, 4) is 0 Å². The van der Waals surface area contributed by atoms with E-state index in [0.717, 1.165) is 5.69 Å². The molecule has 0 unspecified atom stereocenters. The number of nitrogens with zero attached hydrogens (tertiary/aromatic N) is 1. The molecule has 0 bridgehead atoms. The average molecular weight is 161 g/mol. The summed E-state index contributed by atoms with van der Waals surface area (Å²) in [6.45, 7) is 10.2. The molecule has 0 atom stereocenters. The van der Waals surface area contributed by atoms with E-state index < -0.39 is 0 Å². The fraction of sp³-hybridized carbons (Fsp3) is 0.364. The first-order valence-corrected chi connectivity index (χ1v) is 4.24. The SMILES string of the molecule is C=Cc1nccc(C(C)C)c1C. The van der Waals surface area contributed by atoms with E-state index in [1.54, 1.807) is 6.08 Å². The van der Waals surface area contributed by atoms with Crippen LogP contribution in [0.3, 0.4) is 0 Å². The van der Waals surface area contributed by atoms with E-state index in [2.05, 4.69) is 38.4 Å². The summed E-state index contributed by atoms with van der Waals surface area (Å²) in [5.74, 6) is 0.562. The summed E-state index contributed by atoms with van der Waals surface area (Å²) in [4.78, 5) is 4.22. The normalized spacial score (nSPS) is 10.3. The minimum atomic E-state index is 0.562. The summed E-state index contributed by atoms with van der Waals surface area (Å²) in [5.41, 5.74) is 3.61. The Hall–Kier alpha value is -1.11. The van der Waals surface area contributed by atoms with Crippen LogP contribution in [0.4, 0.5) is 0 Å². The van der Waals surface area contributed by atoms with Crippen molar-refractivity contribution in [2.24, 2.45) is 0 Å². The van der Waals surface area contributed by atoms with Crippen molar-refractivity contribution < 1.29 is 0 Å². The third-order valence-corrected chi connectivity index (χ3v) is 2.10. The van der Waals surface area contributed by atoms with Crippen molar-refractivity contribution in [2.75, 3.05) is 0 Å². The zero-order chi connectivity index (χ0) is 9.14. The molecule has 1 nitrogen and oxygen atoms in total. The third-order valence-electron chi connectivity index (χ3n) is 2.10. The van der Waals surface area contributed by atoms with Gasteiger partial charge in [-0.25, -0.2) is 0 Å². The maximum atomic E-state index is 4.22. The molecule has 12 heavy (non-hydrogen) atoms. The Morgan fingerprint density at radius 2 is 2.17 bits per heavy atom. The molecule has 0 spiro atoms. The van der Waals surface area contributed by atoms with Gasteiger partial charge in [0.25, 0.3) is 0 Å². The topological polar surface area (TPSA) is 12.9 Å². The Labute approximate surface area is 74.2 Å². The summed E-state index contributed by atoms with van der Waals surface area (Å²) in [6, 6.07) is 2.08. The zero-order valence-electron chi connectivity index (χ0n) is 7.96. The average Bonchev–Trinajstić information content (AvgIpc) is 2.04. The van der Waals surface area contributed by atoms with Gasteiger partial charge in [0.15, 0.2) is 0 Å². The van der Waals surface area contributed by atoms with Crippen molar-refractivity contribution in [3.63, 3.8) is 0 Å². The summed E-state index contributed by atoms with van der Waals surface area (Å²) in [5, 5.41) is 0. The summed E-state index contributed by atoms with van der Waals surface area (Å²) < 4.78 is 0. The van der Waals surface area contributed by atoms with Crippen LogP contribution in [-0.2, 0) is 0 Å². The minimum Gasteiger partial charge on any atom is -0.257 e. The zero-order valence-corrected chi connectivity index (χ0v) is 7.96. The second-order valence-corrected chi connectivity index (χ2v) is 3.27. The molecule has 0 saturated heterocycles. The maximum absolute atomic E-state index is 4.22. The van der Waals surface area contributed by atoms with Crippen LogP contribution in [-0.4, -0.2) is 4.98 Å². The molecule has 0 N–H and O–H groups in total. The van der Waals surface area contributed by atoms with Gasteiger partial charge in [-0.3, -0.25) is 4.98 Å². The van der Waals surface area contributed by atoms with Crippen LogP contribution in [0.25, 0.3) is 6.08 Å². The molecule has 64 valence electrons. The van der Waals surface area contributed by atoms with E-state index in [1.807, 2.05) is 6.20 Å². The smallest absolute Gasteiger partial charge is 0.0655 e. The minimum absolute atomic E-state index is 0.562. The molecule has 1 heteroatoms. The van der Waals surface area contributed by atoms with Crippen LogP contribution in [0.2, 0.25) is 0 Å². The Balaban J connectivity index is 3.22. The first kappa shape index (κ1) is 8.98. The van der Waals surface area contributed by atoms with Gasteiger partial charge in [0.1, 0.15) is 0 Å². The maximum Gasteiger partial charge on any atom is 0.0655 e. The number of aromatic nitrogens is 1. The molecule has 0 fully saturated rings. The summed E-state index contributed by atoms with van der Waals surface area (Å²) >= 11 is 0. The fourth-order valence-electron chi connectivity index (χ4n) is 1.40. The van der Waals surface area contributed by atoms with Gasteiger partial charge < -0.3 is 0 Å². The molecule has 0 aliphatic heterocycles. The van der Waals surface area contributed by atoms with Gasteiger partial charge in [-0.1, -0.05) is 20.4 Å². The molecule has 0 aliphatic rings. The van der Waals surface area contributed by atoms with Crippen LogP contribution in [0.5, 0.6) is 0 Å². The molecule has 0 aliphatic carbocycles. The van der Waals surface area contributed by atoms with E-state index in [-0.39, 0.29) is 0 Å². The Kier molecular flexibility index (Phi) is 2.64. The van der Waals surface area contributed by atoms with Crippen molar-refractivity contribution in [3.05, 3.63) is 35.7 Å². The highest BCUT2D eigenvalue weighted by Crippen LogP contribution is 2.20. The highest BCUT2D eigenvalue weighted by molar-refractivity contribution is 5.49. The van der Waals surface area contributed by atoms with Crippen molar-refractivity contribution in [1.82, 2.24) is 4.98 Å². The van der Waals surface area contributed by atoms with Crippen molar-refractivity contribution >= 4 is 6.08 Å². The molecular formula is C11H15N. The molecule has 0 saturated carbocycles. The quantitative estimate of drug-likeness (QED) is 0.649. The molecule has 0 aromatic carbocycles. The van der Waals surface area contributed by atoms with Crippen LogP contribution in [0.15, 0.2) is 18.8 Å². The number of hydrogen-bond donors (Lipinski definition) is 0. The van der Waals surface area contributed by atoms with Gasteiger partial charge in [-0.05, 0) is 36.1 Å². The largest absolute Gasteiger partial charge is 0.257 e. The summed E-state index contributed by atoms with van der Waals surface area (Å²) in [7, 11) is 0. The third kappa shape index (κ3) is 1.55. The lowest BCUT2D eigenvalue weighted by atomic mass is 9.98. The second kappa shape index (κ2) is 3.53. The summed E-state index contributed by atoms with van der Waals surface area (Å²) in [6.07, 6.45) is 3.65. The monoisotopic (exact) mass is 161 g/mol. The molecule has 0 amide bonds. The lowest BCUT2D eigenvalue weighted by molar-refractivity contribution is 0.850. The van der Waals surface area contributed by atoms with Crippen LogP contribution in [0.1, 0.15) is 36.6 Å². The van der Waals surface area contributed by atoms with Gasteiger partial charge in [0.05, 0.1) is 5.69 Å². The Morgan fingerprint density at radius 3 is 2.67 bits per heavy atom. The van der Waals surface area contributed by atoms with Gasteiger partial charge >= 0.3 is 0 Å². The molecule has 1 heterocycles. The first-order chi connectivity index (χ1) is 5.66. The fourth-order valence-corrected chi connectivity index (χ4v) is 1.40. The van der Waals surface area contributed by atoms with Gasteiger partial charge in [0.2, 0.25) is 0 Å². The predicted molar refractivity (Wildman–Crippen MR) is 53.2 cm³/mol. The van der Waals surface area contributed by atoms with Crippen molar-refractivity contribution in [2.45, 2.75) is 26.7 Å². The van der Waals surface area contributed by atoms with E-state index in [9.17, 15) is 0 Å². The first-order valence-electron chi connectivity index (χ1n) is 4.24. The highest BCUT2D eigenvalue weighted by Gasteiger charge is 2.05. The van der Waals surface area contributed by atoms with Crippen LogP contribution in [0, 0.1) is 6.92 Å². The standard InChI is InChI=1S/C11H15N/c1-5-11-9(4)10(8(2)3)6-7-12-11/h5-8H,1H2,2-4H3.